The first-order chi connectivity index (χ1) is 10.2. The second-order valence-corrected chi connectivity index (χ2v) is 5.92. The number of halogens is 1. The normalized spacial score (nSPS) is 18.3. The van der Waals surface area contributed by atoms with Gasteiger partial charge in [-0.25, -0.2) is 4.99 Å². The maximum Gasteiger partial charge on any atom is 0.103 e. The van der Waals surface area contributed by atoms with E-state index in [4.69, 9.17) is 11.6 Å². The fraction of sp³-hybridized carbons (Fsp3) is 0.211. The zero-order valence-electron chi connectivity index (χ0n) is 12.2. The fourth-order valence-electron chi connectivity index (χ4n) is 2.98. The molecular formula is C19H18ClN. The van der Waals surface area contributed by atoms with Gasteiger partial charge >= 0.3 is 0 Å². The Morgan fingerprint density at radius 2 is 1.86 bits per heavy atom. The fourth-order valence-corrected chi connectivity index (χ4v) is 3.08. The Bertz CT molecular complexity index is 698. The number of rotatable bonds is 3. The second kappa shape index (κ2) is 5.87. The van der Waals surface area contributed by atoms with E-state index in [1.807, 2.05) is 25.1 Å². The van der Waals surface area contributed by atoms with E-state index in [1.165, 1.54) is 11.1 Å². The van der Waals surface area contributed by atoms with Crippen molar-refractivity contribution in [3.05, 3.63) is 77.0 Å². The maximum atomic E-state index is 6.02. The van der Waals surface area contributed by atoms with Gasteiger partial charge in [-0.15, -0.1) is 0 Å². The molecule has 21 heavy (non-hydrogen) atoms. The quantitative estimate of drug-likeness (QED) is 0.638. The van der Waals surface area contributed by atoms with Crippen molar-refractivity contribution in [2.75, 3.05) is 0 Å². The minimum Gasteiger partial charge on any atom is -0.245 e. The van der Waals surface area contributed by atoms with Crippen LogP contribution in [0.15, 0.2) is 76.5 Å². The van der Waals surface area contributed by atoms with Crippen LogP contribution in [0.4, 0.5) is 0 Å². The third-order valence-electron chi connectivity index (χ3n) is 3.88. The van der Waals surface area contributed by atoms with Crippen LogP contribution >= 0.6 is 11.6 Å². The monoisotopic (exact) mass is 295 g/mol. The van der Waals surface area contributed by atoms with E-state index in [1.54, 1.807) is 0 Å². The van der Waals surface area contributed by atoms with Gasteiger partial charge in [0.15, 0.2) is 0 Å². The van der Waals surface area contributed by atoms with E-state index >= 15 is 0 Å². The predicted molar refractivity (Wildman–Crippen MR) is 91.5 cm³/mol. The van der Waals surface area contributed by atoms with Crippen molar-refractivity contribution in [3.63, 3.8) is 0 Å². The van der Waals surface area contributed by atoms with Crippen LogP contribution in [0.3, 0.4) is 0 Å². The number of fused-ring (bicyclic) bond motifs is 1. The summed E-state index contributed by atoms with van der Waals surface area (Å²) in [6, 6.07) is 10.3. The Kier molecular flexibility index (Phi) is 3.94. The highest BCUT2D eigenvalue weighted by molar-refractivity contribution is 6.64. The van der Waals surface area contributed by atoms with E-state index in [9.17, 15) is 0 Å². The molecule has 1 aromatic rings. The van der Waals surface area contributed by atoms with E-state index < -0.39 is 0 Å². The van der Waals surface area contributed by atoms with E-state index in [0.717, 1.165) is 41.7 Å². The summed E-state index contributed by atoms with van der Waals surface area (Å²) in [4.78, 5) is 4.55. The molecule has 2 aliphatic rings. The van der Waals surface area contributed by atoms with Crippen molar-refractivity contribution >= 4 is 22.3 Å². The standard InChI is InChI=1S/C19H18ClN/c1-13(15-8-4-3-5-9-15)19-17-11-7-6-10-16(17)12-18(19)21-14(2)20/h3-5,8-11H,1,6-7,12H2,2H3. The van der Waals surface area contributed by atoms with Gasteiger partial charge in [-0.2, -0.15) is 0 Å². The van der Waals surface area contributed by atoms with Crippen LogP contribution < -0.4 is 0 Å². The summed E-state index contributed by atoms with van der Waals surface area (Å²) < 4.78 is 0. The minimum atomic E-state index is 0.572. The molecule has 0 saturated heterocycles. The van der Waals surface area contributed by atoms with Crippen molar-refractivity contribution in [1.29, 1.82) is 0 Å². The molecule has 1 aromatic carbocycles. The van der Waals surface area contributed by atoms with Crippen molar-refractivity contribution < 1.29 is 0 Å². The Balaban J connectivity index is 2.10. The van der Waals surface area contributed by atoms with Crippen LogP contribution in [0.2, 0.25) is 0 Å². The highest BCUT2D eigenvalue weighted by atomic mass is 35.5. The van der Waals surface area contributed by atoms with Crippen LogP contribution in [0.5, 0.6) is 0 Å². The van der Waals surface area contributed by atoms with Gasteiger partial charge in [0.2, 0.25) is 0 Å². The molecule has 0 radical (unpaired) electrons. The van der Waals surface area contributed by atoms with E-state index in [2.05, 4.69) is 35.9 Å². The predicted octanol–water partition coefficient (Wildman–Crippen LogP) is 5.66. The van der Waals surface area contributed by atoms with Crippen LogP contribution in [0.1, 0.15) is 31.7 Å². The number of allylic oxidation sites excluding steroid dienone is 6. The molecule has 0 aromatic heterocycles. The number of benzene rings is 1. The van der Waals surface area contributed by atoms with Gasteiger partial charge in [0.1, 0.15) is 5.17 Å². The highest BCUT2D eigenvalue weighted by Crippen LogP contribution is 2.45. The molecule has 0 unspecified atom stereocenters. The lowest BCUT2D eigenvalue weighted by Gasteiger charge is -2.14. The molecule has 0 aliphatic heterocycles. The smallest absolute Gasteiger partial charge is 0.103 e. The number of hydrogen-bond acceptors (Lipinski definition) is 1. The van der Waals surface area contributed by atoms with Crippen LogP contribution in [0.25, 0.3) is 5.57 Å². The van der Waals surface area contributed by atoms with E-state index in [-0.39, 0.29) is 0 Å². The first-order valence-corrected chi connectivity index (χ1v) is 7.63. The molecule has 2 aliphatic carbocycles. The lowest BCUT2D eigenvalue weighted by atomic mass is 9.90. The highest BCUT2D eigenvalue weighted by Gasteiger charge is 2.27. The lowest BCUT2D eigenvalue weighted by Crippen LogP contribution is -1.95. The molecule has 0 N–H and O–H groups in total. The van der Waals surface area contributed by atoms with Crippen molar-refractivity contribution in [1.82, 2.24) is 0 Å². The Morgan fingerprint density at radius 3 is 2.57 bits per heavy atom. The average Bonchev–Trinajstić information content (AvgIpc) is 2.84. The molecule has 0 spiro atoms. The van der Waals surface area contributed by atoms with Crippen LogP contribution in [-0.4, -0.2) is 5.17 Å². The molecule has 0 fully saturated rings. The molecule has 106 valence electrons. The maximum absolute atomic E-state index is 6.02. The molecule has 0 saturated carbocycles. The summed E-state index contributed by atoms with van der Waals surface area (Å²) in [6.45, 7) is 6.14. The zero-order chi connectivity index (χ0) is 14.8. The Labute approximate surface area is 131 Å². The first kappa shape index (κ1) is 14.1. The van der Waals surface area contributed by atoms with Gasteiger partial charge in [0.05, 0.1) is 5.70 Å². The summed E-state index contributed by atoms with van der Waals surface area (Å²) >= 11 is 6.02. The van der Waals surface area contributed by atoms with Crippen LogP contribution in [-0.2, 0) is 0 Å². The van der Waals surface area contributed by atoms with Gasteiger partial charge < -0.3 is 0 Å². The largest absolute Gasteiger partial charge is 0.245 e. The lowest BCUT2D eigenvalue weighted by molar-refractivity contribution is 0.989. The van der Waals surface area contributed by atoms with E-state index in [0.29, 0.717) is 5.17 Å². The zero-order valence-corrected chi connectivity index (χ0v) is 13.0. The molecule has 0 amide bonds. The third-order valence-corrected chi connectivity index (χ3v) is 3.97. The molecule has 0 heterocycles. The van der Waals surface area contributed by atoms with Gasteiger partial charge in [0, 0.05) is 12.0 Å². The van der Waals surface area contributed by atoms with Crippen LogP contribution in [0, 0.1) is 0 Å². The summed E-state index contributed by atoms with van der Waals surface area (Å²) in [5, 5.41) is 0.572. The average molecular weight is 296 g/mol. The summed E-state index contributed by atoms with van der Waals surface area (Å²) in [7, 11) is 0. The molecule has 1 nitrogen and oxygen atoms in total. The second-order valence-electron chi connectivity index (χ2n) is 5.38. The molecule has 0 bridgehead atoms. The summed E-state index contributed by atoms with van der Waals surface area (Å²) in [5.41, 5.74) is 7.03. The Hall–Kier alpha value is -1.86. The first-order valence-electron chi connectivity index (χ1n) is 7.25. The van der Waals surface area contributed by atoms with Gasteiger partial charge in [-0.05, 0) is 42.0 Å². The third kappa shape index (κ3) is 2.79. The number of hydrogen-bond donors (Lipinski definition) is 0. The Morgan fingerprint density at radius 1 is 1.14 bits per heavy atom. The topological polar surface area (TPSA) is 12.4 Å². The molecule has 2 heteroatoms. The molecule has 0 atom stereocenters. The molecule has 3 rings (SSSR count). The van der Waals surface area contributed by atoms with Gasteiger partial charge in [0.25, 0.3) is 0 Å². The van der Waals surface area contributed by atoms with Gasteiger partial charge in [-0.3, -0.25) is 0 Å². The van der Waals surface area contributed by atoms with Crippen molar-refractivity contribution in [2.45, 2.75) is 26.2 Å². The summed E-state index contributed by atoms with van der Waals surface area (Å²) in [5.74, 6) is 0. The van der Waals surface area contributed by atoms with Crippen molar-refractivity contribution in [2.24, 2.45) is 4.99 Å². The summed E-state index contributed by atoms with van der Waals surface area (Å²) in [6.07, 6.45) is 7.68. The number of nitrogens with zero attached hydrogens (tertiary/aromatic N) is 1. The molecular weight excluding hydrogens is 278 g/mol. The van der Waals surface area contributed by atoms with Crippen molar-refractivity contribution in [3.8, 4) is 0 Å². The van der Waals surface area contributed by atoms with Gasteiger partial charge in [-0.1, -0.05) is 60.7 Å². The number of aliphatic imine (C=N–C) groups is 1. The SMILES string of the molecule is C=C(C1=C(N=C(C)Cl)CC2=CCCC=C21)c1ccccc1. The minimum absolute atomic E-state index is 0.572.